The standard InChI is InChI=1S/C22H30N2O4S/c1-6-7-18(5)23-22(25)14-28-21-11-10-20(13-17(21)4)29(26,27)24-19-9-8-15(2)16(3)12-19/h8-13,18,24H,6-7,14H2,1-5H3,(H,23,25)/t18-/m0/s1. The van der Waals surface area contributed by atoms with E-state index in [1.54, 1.807) is 25.1 Å². The highest BCUT2D eigenvalue weighted by Gasteiger charge is 2.17. The summed E-state index contributed by atoms with van der Waals surface area (Å²) in [6.45, 7) is 9.56. The lowest BCUT2D eigenvalue weighted by Gasteiger charge is -2.15. The van der Waals surface area contributed by atoms with Crippen molar-refractivity contribution in [1.29, 1.82) is 0 Å². The van der Waals surface area contributed by atoms with E-state index in [0.717, 1.165) is 24.0 Å². The van der Waals surface area contributed by atoms with Crippen molar-refractivity contribution in [2.24, 2.45) is 0 Å². The average Bonchev–Trinajstić information content (AvgIpc) is 2.63. The van der Waals surface area contributed by atoms with Crippen LogP contribution >= 0.6 is 0 Å². The summed E-state index contributed by atoms with van der Waals surface area (Å²) in [5.74, 6) is 0.284. The summed E-state index contributed by atoms with van der Waals surface area (Å²) in [6.07, 6.45) is 1.90. The minimum absolute atomic E-state index is 0.0983. The van der Waals surface area contributed by atoms with E-state index in [2.05, 4.69) is 17.0 Å². The Balaban J connectivity index is 2.05. The Labute approximate surface area is 173 Å². The summed E-state index contributed by atoms with van der Waals surface area (Å²) in [5, 5.41) is 2.87. The number of rotatable bonds is 9. The Kier molecular flexibility index (Phi) is 7.67. The Bertz CT molecular complexity index is 971. The van der Waals surface area contributed by atoms with Crippen molar-refractivity contribution < 1.29 is 17.9 Å². The van der Waals surface area contributed by atoms with Crippen LogP contribution in [-0.4, -0.2) is 27.0 Å². The molecular weight excluding hydrogens is 388 g/mol. The fourth-order valence-electron chi connectivity index (χ4n) is 2.93. The summed E-state index contributed by atoms with van der Waals surface area (Å²) < 4.78 is 33.6. The van der Waals surface area contributed by atoms with E-state index in [1.165, 1.54) is 12.1 Å². The fraction of sp³-hybridized carbons (Fsp3) is 0.409. The zero-order valence-electron chi connectivity index (χ0n) is 17.7. The highest BCUT2D eigenvalue weighted by molar-refractivity contribution is 7.92. The maximum Gasteiger partial charge on any atom is 0.261 e. The summed E-state index contributed by atoms with van der Waals surface area (Å²) in [6, 6.07) is 10.1. The number of hydrogen-bond donors (Lipinski definition) is 2. The third-order valence-electron chi connectivity index (χ3n) is 4.70. The number of sulfonamides is 1. The van der Waals surface area contributed by atoms with Crippen molar-refractivity contribution in [3.05, 3.63) is 53.1 Å². The maximum absolute atomic E-state index is 12.7. The van der Waals surface area contributed by atoms with E-state index < -0.39 is 10.0 Å². The van der Waals surface area contributed by atoms with Crippen LogP contribution < -0.4 is 14.8 Å². The van der Waals surface area contributed by atoms with E-state index in [9.17, 15) is 13.2 Å². The second kappa shape index (κ2) is 9.78. The number of benzene rings is 2. The molecule has 1 amide bonds. The van der Waals surface area contributed by atoms with E-state index in [-0.39, 0.29) is 23.5 Å². The number of amides is 1. The largest absolute Gasteiger partial charge is 0.484 e. The van der Waals surface area contributed by atoms with Gasteiger partial charge in [-0.05, 0) is 81.1 Å². The maximum atomic E-state index is 12.7. The van der Waals surface area contributed by atoms with Gasteiger partial charge in [-0.2, -0.15) is 0 Å². The Morgan fingerprint density at radius 2 is 1.76 bits per heavy atom. The van der Waals surface area contributed by atoms with Crippen LogP contribution in [0.15, 0.2) is 41.3 Å². The zero-order chi connectivity index (χ0) is 21.6. The Morgan fingerprint density at radius 3 is 2.38 bits per heavy atom. The first-order chi connectivity index (χ1) is 13.6. The van der Waals surface area contributed by atoms with Crippen molar-refractivity contribution in [1.82, 2.24) is 5.32 Å². The number of anilines is 1. The minimum Gasteiger partial charge on any atom is -0.484 e. The second-order valence-corrected chi connectivity index (χ2v) is 9.06. The van der Waals surface area contributed by atoms with Gasteiger partial charge in [-0.25, -0.2) is 8.42 Å². The monoisotopic (exact) mass is 418 g/mol. The summed E-state index contributed by atoms with van der Waals surface area (Å²) in [7, 11) is -3.72. The highest BCUT2D eigenvalue weighted by atomic mass is 32.2. The van der Waals surface area contributed by atoms with Crippen LogP contribution in [-0.2, 0) is 14.8 Å². The molecule has 0 aliphatic heterocycles. The van der Waals surface area contributed by atoms with Crippen molar-refractivity contribution >= 4 is 21.6 Å². The molecule has 158 valence electrons. The van der Waals surface area contributed by atoms with E-state index in [4.69, 9.17) is 4.74 Å². The number of aryl methyl sites for hydroxylation is 3. The summed E-state index contributed by atoms with van der Waals surface area (Å²) >= 11 is 0. The first-order valence-electron chi connectivity index (χ1n) is 9.75. The molecule has 2 rings (SSSR count). The van der Waals surface area contributed by atoms with Gasteiger partial charge in [0.1, 0.15) is 5.75 Å². The van der Waals surface area contributed by atoms with Crippen LogP contribution in [0, 0.1) is 20.8 Å². The van der Waals surface area contributed by atoms with Gasteiger partial charge in [0.2, 0.25) is 0 Å². The first-order valence-corrected chi connectivity index (χ1v) is 11.2. The molecule has 0 radical (unpaired) electrons. The molecule has 2 aromatic carbocycles. The molecule has 2 aromatic rings. The number of ether oxygens (including phenoxy) is 1. The molecule has 29 heavy (non-hydrogen) atoms. The van der Waals surface area contributed by atoms with Gasteiger partial charge >= 0.3 is 0 Å². The van der Waals surface area contributed by atoms with Gasteiger partial charge in [-0.3, -0.25) is 9.52 Å². The molecule has 0 spiro atoms. The predicted molar refractivity (Wildman–Crippen MR) is 116 cm³/mol. The average molecular weight is 419 g/mol. The molecular formula is C22H30N2O4S. The molecule has 0 bridgehead atoms. The van der Waals surface area contributed by atoms with E-state index >= 15 is 0 Å². The number of hydrogen-bond acceptors (Lipinski definition) is 4. The molecule has 0 aliphatic carbocycles. The van der Waals surface area contributed by atoms with Crippen LogP contribution in [0.3, 0.4) is 0 Å². The fourth-order valence-corrected chi connectivity index (χ4v) is 4.07. The van der Waals surface area contributed by atoms with Crippen LogP contribution in [0.25, 0.3) is 0 Å². The molecule has 7 heteroatoms. The highest BCUT2D eigenvalue weighted by Crippen LogP contribution is 2.24. The van der Waals surface area contributed by atoms with Crippen molar-refractivity contribution in [2.75, 3.05) is 11.3 Å². The molecule has 0 unspecified atom stereocenters. The lowest BCUT2D eigenvalue weighted by Crippen LogP contribution is -2.36. The van der Waals surface area contributed by atoms with Crippen molar-refractivity contribution in [3.63, 3.8) is 0 Å². The molecule has 0 saturated heterocycles. The topological polar surface area (TPSA) is 84.5 Å². The van der Waals surface area contributed by atoms with Gasteiger partial charge in [-0.1, -0.05) is 19.4 Å². The molecule has 0 heterocycles. The second-order valence-electron chi connectivity index (χ2n) is 7.38. The molecule has 0 aromatic heterocycles. The van der Waals surface area contributed by atoms with Crippen LogP contribution in [0.5, 0.6) is 5.75 Å². The number of nitrogens with one attached hydrogen (secondary N) is 2. The third-order valence-corrected chi connectivity index (χ3v) is 6.08. The van der Waals surface area contributed by atoms with Gasteiger partial charge < -0.3 is 10.1 Å². The number of carbonyl (C=O) groups excluding carboxylic acids is 1. The van der Waals surface area contributed by atoms with Crippen LogP contribution in [0.2, 0.25) is 0 Å². The molecule has 6 nitrogen and oxygen atoms in total. The van der Waals surface area contributed by atoms with Crippen molar-refractivity contribution in [2.45, 2.75) is 58.4 Å². The van der Waals surface area contributed by atoms with E-state index in [1.807, 2.05) is 26.8 Å². The van der Waals surface area contributed by atoms with Crippen LogP contribution in [0.4, 0.5) is 5.69 Å². The van der Waals surface area contributed by atoms with Gasteiger partial charge in [0, 0.05) is 11.7 Å². The SMILES string of the molecule is CCC[C@H](C)NC(=O)COc1ccc(S(=O)(=O)Nc2ccc(C)c(C)c2)cc1C. The molecule has 0 fully saturated rings. The summed E-state index contributed by atoms with van der Waals surface area (Å²) in [4.78, 5) is 12.1. The smallest absolute Gasteiger partial charge is 0.261 e. The Hall–Kier alpha value is -2.54. The molecule has 2 N–H and O–H groups in total. The third kappa shape index (κ3) is 6.49. The number of carbonyl (C=O) groups is 1. The van der Waals surface area contributed by atoms with Gasteiger partial charge in [0.15, 0.2) is 6.61 Å². The lowest BCUT2D eigenvalue weighted by atomic mass is 10.1. The summed E-state index contributed by atoms with van der Waals surface area (Å²) in [5.41, 5.74) is 3.27. The first kappa shape index (κ1) is 22.7. The molecule has 1 atom stereocenters. The van der Waals surface area contributed by atoms with Gasteiger partial charge in [-0.15, -0.1) is 0 Å². The zero-order valence-corrected chi connectivity index (χ0v) is 18.5. The predicted octanol–water partition coefficient (Wildman–Crippen LogP) is 4.10. The van der Waals surface area contributed by atoms with Gasteiger partial charge in [0.05, 0.1) is 4.90 Å². The lowest BCUT2D eigenvalue weighted by molar-refractivity contribution is -0.123. The molecule has 0 saturated carbocycles. The Morgan fingerprint density at radius 1 is 1.03 bits per heavy atom. The van der Waals surface area contributed by atoms with Crippen LogP contribution in [0.1, 0.15) is 43.4 Å². The molecule has 0 aliphatic rings. The van der Waals surface area contributed by atoms with Crippen molar-refractivity contribution in [3.8, 4) is 5.75 Å². The normalized spacial score (nSPS) is 12.3. The van der Waals surface area contributed by atoms with E-state index in [0.29, 0.717) is 17.0 Å². The van der Waals surface area contributed by atoms with Gasteiger partial charge in [0.25, 0.3) is 15.9 Å². The minimum atomic E-state index is -3.72. The quantitative estimate of drug-likeness (QED) is 0.642.